The highest BCUT2D eigenvalue weighted by molar-refractivity contribution is 8.03. The molecule has 0 aromatic heterocycles. The summed E-state index contributed by atoms with van der Waals surface area (Å²) >= 11 is 1.67. The second-order valence-electron chi connectivity index (χ2n) is 6.92. The van der Waals surface area contributed by atoms with Crippen molar-refractivity contribution in [2.75, 3.05) is 5.75 Å². The number of carbonyl (C=O) groups is 2. The smallest absolute Gasteiger partial charge is 0.171 e. The summed E-state index contributed by atoms with van der Waals surface area (Å²) in [5.74, 6) is 1.88. The molecular weight excluding hydrogens is 316 g/mol. The average molecular weight is 343 g/mol. The van der Waals surface area contributed by atoms with Gasteiger partial charge in [0.15, 0.2) is 11.6 Å². The van der Waals surface area contributed by atoms with E-state index in [1.54, 1.807) is 17.8 Å². The minimum atomic E-state index is -0.127. The van der Waals surface area contributed by atoms with Crippen molar-refractivity contribution in [1.29, 1.82) is 0 Å². The van der Waals surface area contributed by atoms with E-state index in [0.29, 0.717) is 12.3 Å². The van der Waals surface area contributed by atoms with Crippen molar-refractivity contribution in [3.8, 4) is 0 Å². The first-order chi connectivity index (χ1) is 11.7. The van der Waals surface area contributed by atoms with Gasteiger partial charge >= 0.3 is 0 Å². The third-order valence-electron chi connectivity index (χ3n) is 5.38. The molecule has 128 valence electrons. The Morgan fingerprint density at radius 3 is 2.50 bits per heavy atom. The highest BCUT2D eigenvalue weighted by Crippen LogP contribution is 2.45. The molecule has 2 atom stereocenters. The molecule has 0 unspecified atom stereocenters. The largest absolute Gasteiger partial charge is 0.295 e. The van der Waals surface area contributed by atoms with Gasteiger partial charge in [-0.05, 0) is 28.6 Å². The van der Waals surface area contributed by atoms with E-state index in [2.05, 4.69) is 6.92 Å². The first kappa shape index (κ1) is 17.5. The second-order valence-corrected chi connectivity index (χ2v) is 8.26. The maximum atomic E-state index is 13.3. The lowest BCUT2D eigenvalue weighted by Gasteiger charge is -2.38. The standard InChI is InChI=1S/C21H26O2S/c1-2-24-19-14-17(22)13-18(15-9-5-3-6-10-15)20(19)21(23)16-11-7-4-8-12-16/h4,7-8,11-12,14-15,18,20H,2-3,5-6,9-10,13H2,1H3/t18-,20+/m1/s1. The highest BCUT2D eigenvalue weighted by Gasteiger charge is 2.41. The molecule has 2 aliphatic rings. The average Bonchev–Trinajstić information content (AvgIpc) is 2.62. The van der Waals surface area contributed by atoms with Gasteiger partial charge in [0.1, 0.15) is 0 Å². The monoisotopic (exact) mass is 342 g/mol. The molecule has 3 rings (SSSR count). The van der Waals surface area contributed by atoms with Crippen LogP contribution >= 0.6 is 11.8 Å². The molecule has 0 heterocycles. The number of benzene rings is 1. The van der Waals surface area contributed by atoms with Crippen molar-refractivity contribution in [3.63, 3.8) is 0 Å². The molecule has 0 amide bonds. The van der Waals surface area contributed by atoms with E-state index in [9.17, 15) is 9.59 Å². The summed E-state index contributed by atoms with van der Waals surface area (Å²) in [4.78, 5) is 26.6. The second kappa shape index (κ2) is 8.15. The van der Waals surface area contributed by atoms with Crippen molar-refractivity contribution in [2.45, 2.75) is 45.4 Å². The lowest BCUT2D eigenvalue weighted by Crippen LogP contribution is -2.36. The Morgan fingerprint density at radius 2 is 1.83 bits per heavy atom. The maximum absolute atomic E-state index is 13.3. The number of thioether (sulfide) groups is 1. The van der Waals surface area contributed by atoms with Gasteiger partial charge < -0.3 is 0 Å². The van der Waals surface area contributed by atoms with Crippen molar-refractivity contribution in [2.24, 2.45) is 17.8 Å². The van der Waals surface area contributed by atoms with Crippen LogP contribution in [0, 0.1) is 17.8 Å². The van der Waals surface area contributed by atoms with Crippen LogP contribution in [-0.4, -0.2) is 17.3 Å². The SMILES string of the molecule is CCSC1=CC(=O)C[C@H](C2CCCCC2)[C@@H]1C(=O)c1ccccc1. The zero-order chi connectivity index (χ0) is 16.9. The van der Waals surface area contributed by atoms with Crippen LogP contribution in [-0.2, 0) is 4.79 Å². The first-order valence-electron chi connectivity index (χ1n) is 9.17. The van der Waals surface area contributed by atoms with Crippen LogP contribution in [0.25, 0.3) is 0 Å². The third kappa shape index (κ3) is 3.83. The van der Waals surface area contributed by atoms with Crippen LogP contribution in [0.2, 0.25) is 0 Å². The quantitative estimate of drug-likeness (QED) is 0.682. The minimum Gasteiger partial charge on any atom is -0.295 e. The molecule has 2 aliphatic carbocycles. The summed E-state index contributed by atoms with van der Waals surface area (Å²) in [5, 5.41) is 0. The summed E-state index contributed by atoms with van der Waals surface area (Å²) < 4.78 is 0. The van der Waals surface area contributed by atoms with Crippen LogP contribution in [0.4, 0.5) is 0 Å². The number of rotatable bonds is 5. The summed E-state index contributed by atoms with van der Waals surface area (Å²) in [6.07, 6.45) is 8.39. The Hall–Kier alpha value is -1.35. The number of hydrogen-bond donors (Lipinski definition) is 0. The molecular formula is C21H26O2S. The number of allylic oxidation sites excluding steroid dienone is 2. The summed E-state index contributed by atoms with van der Waals surface area (Å²) in [6.45, 7) is 2.09. The fourth-order valence-corrected chi connectivity index (χ4v) is 5.28. The lowest BCUT2D eigenvalue weighted by molar-refractivity contribution is -0.116. The van der Waals surface area contributed by atoms with Crippen LogP contribution in [0.5, 0.6) is 0 Å². The van der Waals surface area contributed by atoms with Gasteiger partial charge in [-0.25, -0.2) is 0 Å². The topological polar surface area (TPSA) is 34.1 Å². The van der Waals surface area contributed by atoms with E-state index in [-0.39, 0.29) is 23.4 Å². The molecule has 2 nitrogen and oxygen atoms in total. The van der Waals surface area contributed by atoms with Gasteiger partial charge in [0.2, 0.25) is 0 Å². The summed E-state index contributed by atoms with van der Waals surface area (Å²) in [6, 6.07) is 9.60. The highest BCUT2D eigenvalue weighted by atomic mass is 32.2. The minimum absolute atomic E-state index is 0.127. The van der Waals surface area contributed by atoms with E-state index in [1.165, 1.54) is 32.1 Å². The van der Waals surface area contributed by atoms with Crippen molar-refractivity contribution < 1.29 is 9.59 Å². The van der Waals surface area contributed by atoms with Crippen molar-refractivity contribution in [3.05, 3.63) is 46.9 Å². The molecule has 0 radical (unpaired) electrons. The third-order valence-corrected chi connectivity index (χ3v) is 6.38. The van der Waals surface area contributed by atoms with Gasteiger partial charge in [0.05, 0.1) is 5.92 Å². The Balaban J connectivity index is 1.94. The number of carbonyl (C=O) groups excluding carboxylic acids is 2. The molecule has 0 saturated heterocycles. The van der Waals surface area contributed by atoms with E-state index >= 15 is 0 Å². The van der Waals surface area contributed by atoms with Gasteiger partial charge in [-0.3, -0.25) is 9.59 Å². The number of hydrogen-bond acceptors (Lipinski definition) is 3. The Kier molecular flexibility index (Phi) is 5.94. The Labute approximate surface area is 149 Å². The molecule has 1 aromatic carbocycles. The normalized spacial score (nSPS) is 25.4. The van der Waals surface area contributed by atoms with E-state index in [1.807, 2.05) is 30.3 Å². The molecule has 1 saturated carbocycles. The predicted molar refractivity (Wildman–Crippen MR) is 100 cm³/mol. The van der Waals surface area contributed by atoms with Crippen LogP contribution < -0.4 is 0 Å². The molecule has 0 spiro atoms. The molecule has 24 heavy (non-hydrogen) atoms. The fourth-order valence-electron chi connectivity index (χ4n) is 4.27. The van der Waals surface area contributed by atoms with Crippen molar-refractivity contribution >= 4 is 23.3 Å². The maximum Gasteiger partial charge on any atom is 0.171 e. The molecule has 1 aromatic rings. The van der Waals surface area contributed by atoms with Gasteiger partial charge in [-0.1, -0.05) is 69.4 Å². The zero-order valence-electron chi connectivity index (χ0n) is 14.4. The van der Waals surface area contributed by atoms with Gasteiger partial charge in [-0.2, -0.15) is 0 Å². The van der Waals surface area contributed by atoms with E-state index < -0.39 is 0 Å². The van der Waals surface area contributed by atoms with Gasteiger partial charge in [0, 0.05) is 12.0 Å². The molecule has 0 N–H and O–H groups in total. The fraction of sp³-hybridized carbons (Fsp3) is 0.524. The van der Waals surface area contributed by atoms with Crippen molar-refractivity contribution in [1.82, 2.24) is 0 Å². The lowest BCUT2D eigenvalue weighted by atomic mass is 9.68. The van der Waals surface area contributed by atoms with E-state index in [4.69, 9.17) is 0 Å². The number of ketones is 2. The molecule has 0 aliphatic heterocycles. The van der Waals surface area contributed by atoms with Crippen LogP contribution in [0.3, 0.4) is 0 Å². The zero-order valence-corrected chi connectivity index (χ0v) is 15.2. The van der Waals surface area contributed by atoms with Gasteiger partial charge in [0.25, 0.3) is 0 Å². The number of Topliss-reactive ketones (excluding diaryl/α,β-unsaturated/α-hetero) is 1. The predicted octanol–water partition coefficient (Wildman–Crippen LogP) is 5.29. The van der Waals surface area contributed by atoms with Crippen LogP contribution in [0.15, 0.2) is 41.3 Å². The first-order valence-corrected chi connectivity index (χ1v) is 10.2. The summed E-state index contributed by atoms with van der Waals surface area (Å²) in [5.41, 5.74) is 0.778. The molecule has 3 heteroatoms. The van der Waals surface area contributed by atoms with Gasteiger partial charge in [-0.15, -0.1) is 11.8 Å². The molecule has 1 fully saturated rings. The Morgan fingerprint density at radius 1 is 1.12 bits per heavy atom. The Bertz CT molecular complexity index is 614. The van der Waals surface area contributed by atoms with E-state index in [0.717, 1.165) is 16.2 Å². The van der Waals surface area contributed by atoms with Crippen LogP contribution in [0.1, 0.15) is 55.8 Å². The summed E-state index contributed by atoms with van der Waals surface area (Å²) in [7, 11) is 0. The molecule has 0 bridgehead atoms.